The monoisotopic (exact) mass is 500 g/mol. The molecule has 6 heteroatoms. The predicted molar refractivity (Wildman–Crippen MR) is 146 cm³/mol. The Kier molecular flexibility index (Phi) is 6.49. The molecule has 5 nitrogen and oxygen atoms in total. The molecule has 0 unspecified atom stereocenters. The van der Waals surface area contributed by atoms with E-state index in [2.05, 4.69) is 54.0 Å². The number of para-hydroxylation sites is 1. The van der Waals surface area contributed by atoms with Crippen LogP contribution < -0.4 is 4.74 Å². The highest BCUT2D eigenvalue weighted by molar-refractivity contribution is 7.89. The fraction of sp³-hybridized carbons (Fsp3) is 0.267. The molecular formula is C30H32N2O3S. The minimum Gasteiger partial charge on any atom is -0.497 e. The van der Waals surface area contributed by atoms with Gasteiger partial charge in [0.2, 0.25) is 10.0 Å². The Labute approximate surface area is 213 Å². The number of aromatic nitrogens is 1. The Morgan fingerprint density at radius 2 is 1.69 bits per heavy atom. The molecule has 0 atom stereocenters. The van der Waals surface area contributed by atoms with E-state index >= 15 is 0 Å². The van der Waals surface area contributed by atoms with E-state index in [1.165, 1.54) is 33.3 Å². The SMILES string of the molecule is COc1ccc(Cn2c(C)c(C3=CCN(S(=O)(=O)c4ccc(C)cc4C)CC3)c3ccccc32)cc1. The lowest BCUT2D eigenvalue weighted by Gasteiger charge is -2.27. The maximum absolute atomic E-state index is 13.4. The average molecular weight is 501 g/mol. The van der Waals surface area contributed by atoms with E-state index in [0.29, 0.717) is 24.4 Å². The van der Waals surface area contributed by atoms with E-state index in [1.54, 1.807) is 17.5 Å². The Morgan fingerprint density at radius 3 is 2.36 bits per heavy atom. The first-order chi connectivity index (χ1) is 17.3. The molecule has 1 aliphatic rings. The molecule has 0 amide bonds. The van der Waals surface area contributed by atoms with Crippen molar-refractivity contribution in [1.82, 2.24) is 8.87 Å². The minimum absolute atomic E-state index is 0.377. The van der Waals surface area contributed by atoms with Crippen molar-refractivity contribution in [3.8, 4) is 5.75 Å². The molecular weight excluding hydrogens is 468 g/mol. The largest absolute Gasteiger partial charge is 0.497 e. The number of ether oxygens (including phenoxy) is 1. The van der Waals surface area contributed by atoms with Crippen molar-refractivity contribution in [3.05, 3.63) is 101 Å². The summed E-state index contributed by atoms with van der Waals surface area (Å²) in [7, 11) is -1.86. The van der Waals surface area contributed by atoms with E-state index < -0.39 is 10.0 Å². The van der Waals surface area contributed by atoms with Gasteiger partial charge in [-0.3, -0.25) is 0 Å². The van der Waals surface area contributed by atoms with Crippen molar-refractivity contribution in [2.75, 3.05) is 20.2 Å². The van der Waals surface area contributed by atoms with Crippen molar-refractivity contribution < 1.29 is 13.2 Å². The predicted octanol–water partition coefficient (Wildman–Crippen LogP) is 6.10. The summed E-state index contributed by atoms with van der Waals surface area (Å²) >= 11 is 0. The van der Waals surface area contributed by atoms with Gasteiger partial charge < -0.3 is 9.30 Å². The van der Waals surface area contributed by atoms with Crippen LogP contribution in [0.5, 0.6) is 5.75 Å². The third-order valence-corrected chi connectivity index (χ3v) is 9.20. The van der Waals surface area contributed by atoms with Gasteiger partial charge in [0.15, 0.2) is 0 Å². The average Bonchev–Trinajstić information content (AvgIpc) is 3.15. The first-order valence-corrected chi connectivity index (χ1v) is 13.7. The zero-order valence-electron chi connectivity index (χ0n) is 21.3. The normalized spacial score (nSPS) is 14.7. The number of hydrogen-bond donors (Lipinski definition) is 0. The van der Waals surface area contributed by atoms with Crippen LogP contribution in [-0.2, 0) is 16.6 Å². The first kappa shape index (κ1) is 24.3. The number of sulfonamides is 1. The van der Waals surface area contributed by atoms with E-state index in [9.17, 15) is 8.42 Å². The quantitative estimate of drug-likeness (QED) is 0.321. The van der Waals surface area contributed by atoms with Gasteiger partial charge in [0, 0.05) is 41.8 Å². The molecule has 0 saturated heterocycles. The molecule has 36 heavy (non-hydrogen) atoms. The molecule has 0 radical (unpaired) electrons. The fourth-order valence-corrected chi connectivity index (χ4v) is 6.86. The smallest absolute Gasteiger partial charge is 0.243 e. The van der Waals surface area contributed by atoms with E-state index in [0.717, 1.165) is 23.4 Å². The van der Waals surface area contributed by atoms with Crippen LogP contribution in [0.25, 0.3) is 16.5 Å². The van der Waals surface area contributed by atoms with Crippen LogP contribution in [0.1, 0.15) is 34.4 Å². The number of hydrogen-bond acceptors (Lipinski definition) is 3. The highest BCUT2D eigenvalue weighted by Crippen LogP contribution is 2.36. The summed E-state index contributed by atoms with van der Waals surface area (Å²) < 4.78 is 36.0. The van der Waals surface area contributed by atoms with E-state index in [-0.39, 0.29) is 0 Å². The second-order valence-electron chi connectivity index (χ2n) is 9.52. The molecule has 1 aromatic heterocycles. The minimum atomic E-state index is -3.54. The van der Waals surface area contributed by atoms with Gasteiger partial charge >= 0.3 is 0 Å². The summed E-state index contributed by atoms with van der Waals surface area (Å²) in [6.07, 6.45) is 2.78. The van der Waals surface area contributed by atoms with Crippen molar-refractivity contribution >= 4 is 26.5 Å². The molecule has 4 aromatic rings. The first-order valence-electron chi connectivity index (χ1n) is 12.3. The molecule has 0 spiro atoms. The van der Waals surface area contributed by atoms with E-state index in [1.807, 2.05) is 38.1 Å². The number of rotatable bonds is 6. The number of benzene rings is 3. The lowest BCUT2D eigenvalue weighted by atomic mass is 9.97. The zero-order valence-corrected chi connectivity index (χ0v) is 22.1. The summed E-state index contributed by atoms with van der Waals surface area (Å²) in [5, 5.41) is 1.21. The van der Waals surface area contributed by atoms with Gasteiger partial charge in [0.25, 0.3) is 0 Å². The topological polar surface area (TPSA) is 51.5 Å². The van der Waals surface area contributed by atoms with Crippen molar-refractivity contribution in [3.63, 3.8) is 0 Å². The van der Waals surface area contributed by atoms with Gasteiger partial charge in [-0.05, 0) is 68.2 Å². The van der Waals surface area contributed by atoms with Gasteiger partial charge in [0.1, 0.15) is 5.75 Å². The Hall–Kier alpha value is -3.35. The summed E-state index contributed by atoms with van der Waals surface area (Å²) in [5.74, 6) is 0.848. The van der Waals surface area contributed by atoms with Crippen molar-refractivity contribution in [2.45, 2.75) is 38.6 Å². The van der Waals surface area contributed by atoms with Crippen molar-refractivity contribution in [1.29, 1.82) is 0 Å². The molecule has 0 N–H and O–H groups in total. The molecule has 0 aliphatic carbocycles. The summed E-state index contributed by atoms with van der Waals surface area (Å²) in [4.78, 5) is 0.400. The van der Waals surface area contributed by atoms with Crippen LogP contribution >= 0.6 is 0 Å². The second-order valence-corrected chi connectivity index (χ2v) is 11.4. The molecule has 0 fully saturated rings. The van der Waals surface area contributed by atoms with Gasteiger partial charge in [-0.2, -0.15) is 4.31 Å². The Bertz CT molecular complexity index is 1560. The van der Waals surface area contributed by atoms with Crippen molar-refractivity contribution in [2.24, 2.45) is 0 Å². The summed E-state index contributed by atoms with van der Waals surface area (Å²) in [5.41, 5.74) is 7.88. The highest BCUT2D eigenvalue weighted by Gasteiger charge is 2.29. The molecule has 5 rings (SSSR count). The van der Waals surface area contributed by atoms with Gasteiger partial charge in [-0.1, -0.05) is 54.1 Å². The van der Waals surface area contributed by atoms with Crippen LogP contribution in [0.3, 0.4) is 0 Å². The van der Waals surface area contributed by atoms with Gasteiger partial charge in [0.05, 0.1) is 12.0 Å². The third-order valence-electron chi connectivity index (χ3n) is 7.17. The molecule has 0 saturated carbocycles. The number of aryl methyl sites for hydroxylation is 2. The second kappa shape index (κ2) is 9.60. The summed E-state index contributed by atoms with van der Waals surface area (Å²) in [6, 6.07) is 22.2. The summed E-state index contributed by atoms with van der Waals surface area (Å²) in [6.45, 7) is 7.62. The van der Waals surface area contributed by atoms with Gasteiger partial charge in [-0.25, -0.2) is 8.42 Å². The molecule has 3 aromatic carbocycles. The number of fused-ring (bicyclic) bond motifs is 1. The fourth-order valence-electron chi connectivity index (χ4n) is 5.28. The van der Waals surface area contributed by atoms with Crippen LogP contribution in [0.15, 0.2) is 77.7 Å². The Morgan fingerprint density at radius 1 is 0.944 bits per heavy atom. The molecule has 2 heterocycles. The van der Waals surface area contributed by atoms with Crippen LogP contribution in [0.4, 0.5) is 0 Å². The lowest BCUT2D eigenvalue weighted by Crippen LogP contribution is -2.35. The van der Waals surface area contributed by atoms with Gasteiger partial charge in [-0.15, -0.1) is 0 Å². The van der Waals surface area contributed by atoms with Crippen LogP contribution in [0, 0.1) is 20.8 Å². The molecule has 0 bridgehead atoms. The lowest BCUT2D eigenvalue weighted by molar-refractivity contribution is 0.414. The zero-order chi connectivity index (χ0) is 25.4. The molecule has 186 valence electrons. The maximum Gasteiger partial charge on any atom is 0.243 e. The Balaban J connectivity index is 1.47. The van der Waals surface area contributed by atoms with E-state index in [4.69, 9.17) is 4.74 Å². The van der Waals surface area contributed by atoms with Crippen LogP contribution in [0.2, 0.25) is 0 Å². The number of nitrogens with zero attached hydrogens (tertiary/aromatic N) is 2. The highest BCUT2D eigenvalue weighted by atomic mass is 32.2. The maximum atomic E-state index is 13.4. The third kappa shape index (κ3) is 4.36. The van der Waals surface area contributed by atoms with Crippen LogP contribution in [-0.4, -0.2) is 37.5 Å². The standard InChI is InChI=1S/C30H32N2O3S/c1-21-9-14-29(22(2)19-21)36(33,34)31-17-15-25(16-18-31)30-23(3)32(28-8-6-5-7-27(28)30)20-24-10-12-26(35-4)13-11-24/h5-15,19H,16-18,20H2,1-4H3. The molecule has 1 aliphatic heterocycles. The number of methoxy groups -OCH3 is 1.